The number of hydrogen-bond donors (Lipinski definition) is 2. The molecule has 5 heteroatoms. The third kappa shape index (κ3) is 6.93. The van der Waals surface area contributed by atoms with Gasteiger partial charge in [0.2, 0.25) is 0 Å². The van der Waals surface area contributed by atoms with Crippen LogP contribution in [-0.4, -0.2) is 44.9 Å². The van der Waals surface area contributed by atoms with E-state index in [0.717, 1.165) is 25.8 Å². The molecule has 0 radical (unpaired) electrons. The summed E-state index contributed by atoms with van der Waals surface area (Å²) >= 11 is 0. The van der Waals surface area contributed by atoms with E-state index in [4.69, 9.17) is 10.5 Å². The molecule has 0 spiro atoms. The highest BCUT2D eigenvalue weighted by Crippen LogP contribution is 2.16. The number of carbonyl (C=O) groups is 1. The molecule has 0 unspecified atom stereocenters. The Bertz CT molecular complexity index is 228. The van der Waals surface area contributed by atoms with Gasteiger partial charge in [-0.2, -0.15) is 0 Å². The Labute approximate surface area is 109 Å². The third-order valence-electron chi connectivity index (χ3n) is 3.35. The van der Waals surface area contributed by atoms with E-state index in [2.05, 4.69) is 10.1 Å². The van der Waals surface area contributed by atoms with Gasteiger partial charge in [-0.05, 0) is 38.6 Å². The molecule has 0 aromatic rings. The second kappa shape index (κ2) is 9.30. The third-order valence-corrected chi connectivity index (χ3v) is 3.35. The summed E-state index contributed by atoms with van der Waals surface area (Å²) in [6.45, 7) is 2.11. The standard InChI is InChI=1S/C13H26N2O3/c1-17-13(16)7-10-18-9-2-8-15-12-5-3-11(14)4-6-12/h11-12,15H,2-10,14H2,1H3. The molecule has 0 aliphatic heterocycles. The first kappa shape index (κ1) is 15.4. The molecular weight excluding hydrogens is 232 g/mol. The van der Waals surface area contributed by atoms with Crippen molar-refractivity contribution in [2.24, 2.45) is 5.73 Å². The van der Waals surface area contributed by atoms with Gasteiger partial charge in [-0.15, -0.1) is 0 Å². The lowest BCUT2D eigenvalue weighted by molar-refractivity contribution is -0.141. The average Bonchev–Trinajstić information content (AvgIpc) is 2.39. The van der Waals surface area contributed by atoms with Gasteiger partial charge in [-0.3, -0.25) is 4.79 Å². The fraction of sp³-hybridized carbons (Fsp3) is 0.923. The number of ether oxygens (including phenoxy) is 2. The molecule has 1 rings (SSSR count). The fourth-order valence-electron chi connectivity index (χ4n) is 2.16. The van der Waals surface area contributed by atoms with E-state index in [1.807, 2.05) is 0 Å². The fourth-order valence-corrected chi connectivity index (χ4v) is 2.16. The zero-order chi connectivity index (χ0) is 13.2. The zero-order valence-corrected chi connectivity index (χ0v) is 11.3. The molecule has 1 aliphatic rings. The molecule has 0 aromatic carbocycles. The molecule has 1 aliphatic carbocycles. The number of nitrogens with two attached hydrogens (primary N) is 1. The molecule has 1 saturated carbocycles. The van der Waals surface area contributed by atoms with Gasteiger partial charge in [-0.25, -0.2) is 0 Å². The van der Waals surface area contributed by atoms with E-state index in [0.29, 0.717) is 31.7 Å². The van der Waals surface area contributed by atoms with Crippen molar-refractivity contribution in [3.63, 3.8) is 0 Å². The van der Waals surface area contributed by atoms with Crippen molar-refractivity contribution in [2.45, 2.75) is 50.6 Å². The van der Waals surface area contributed by atoms with Gasteiger partial charge in [-0.1, -0.05) is 0 Å². The predicted molar refractivity (Wildman–Crippen MR) is 70.3 cm³/mol. The van der Waals surface area contributed by atoms with Crippen LogP contribution in [-0.2, 0) is 14.3 Å². The lowest BCUT2D eigenvalue weighted by Gasteiger charge is -2.26. The van der Waals surface area contributed by atoms with Gasteiger partial charge in [0.05, 0.1) is 20.1 Å². The number of methoxy groups -OCH3 is 1. The topological polar surface area (TPSA) is 73.6 Å². The summed E-state index contributed by atoms with van der Waals surface area (Å²) in [6.07, 6.45) is 5.95. The Kier molecular flexibility index (Phi) is 7.96. The molecule has 106 valence electrons. The Balaban J connectivity index is 1.85. The summed E-state index contributed by atoms with van der Waals surface area (Å²) in [5.74, 6) is -0.216. The first-order chi connectivity index (χ1) is 8.72. The van der Waals surface area contributed by atoms with Crippen molar-refractivity contribution in [2.75, 3.05) is 26.9 Å². The Morgan fingerprint density at radius 3 is 2.67 bits per heavy atom. The van der Waals surface area contributed by atoms with Crippen molar-refractivity contribution in [3.8, 4) is 0 Å². The van der Waals surface area contributed by atoms with Crippen molar-refractivity contribution >= 4 is 5.97 Å². The summed E-state index contributed by atoms with van der Waals surface area (Å²) in [6, 6.07) is 1.03. The highest BCUT2D eigenvalue weighted by Gasteiger charge is 2.17. The van der Waals surface area contributed by atoms with E-state index in [-0.39, 0.29) is 5.97 Å². The number of hydrogen-bond acceptors (Lipinski definition) is 5. The summed E-state index contributed by atoms with van der Waals surface area (Å²) < 4.78 is 9.88. The van der Waals surface area contributed by atoms with Crippen LogP contribution in [0.2, 0.25) is 0 Å². The molecule has 5 nitrogen and oxygen atoms in total. The molecule has 0 saturated heterocycles. The predicted octanol–water partition coefficient (Wildman–Crippen LogP) is 0.816. The minimum absolute atomic E-state index is 0.216. The van der Waals surface area contributed by atoms with Crippen molar-refractivity contribution in [1.29, 1.82) is 0 Å². The smallest absolute Gasteiger partial charge is 0.307 e. The molecule has 18 heavy (non-hydrogen) atoms. The molecule has 0 heterocycles. The lowest BCUT2D eigenvalue weighted by Crippen LogP contribution is -2.37. The maximum Gasteiger partial charge on any atom is 0.307 e. The second-order valence-corrected chi connectivity index (χ2v) is 4.86. The summed E-state index contributed by atoms with van der Waals surface area (Å²) in [7, 11) is 1.39. The number of esters is 1. The molecule has 3 N–H and O–H groups in total. The lowest BCUT2D eigenvalue weighted by atomic mass is 9.92. The number of rotatable bonds is 8. The van der Waals surface area contributed by atoms with Crippen LogP contribution in [0.1, 0.15) is 38.5 Å². The van der Waals surface area contributed by atoms with Gasteiger partial charge in [0.25, 0.3) is 0 Å². The molecule has 0 amide bonds. The van der Waals surface area contributed by atoms with Crippen LogP contribution in [0, 0.1) is 0 Å². The van der Waals surface area contributed by atoms with E-state index >= 15 is 0 Å². The van der Waals surface area contributed by atoms with E-state index in [1.165, 1.54) is 20.0 Å². The minimum Gasteiger partial charge on any atom is -0.469 e. The van der Waals surface area contributed by atoms with Crippen molar-refractivity contribution in [1.82, 2.24) is 5.32 Å². The van der Waals surface area contributed by atoms with Crippen LogP contribution in [0.5, 0.6) is 0 Å². The minimum atomic E-state index is -0.216. The number of carbonyl (C=O) groups excluding carboxylic acids is 1. The van der Waals surface area contributed by atoms with Crippen LogP contribution in [0.3, 0.4) is 0 Å². The molecule has 0 aromatic heterocycles. The van der Waals surface area contributed by atoms with Gasteiger partial charge >= 0.3 is 5.97 Å². The monoisotopic (exact) mass is 258 g/mol. The van der Waals surface area contributed by atoms with Crippen LogP contribution in [0.25, 0.3) is 0 Å². The van der Waals surface area contributed by atoms with E-state index in [9.17, 15) is 4.79 Å². The number of nitrogens with one attached hydrogen (secondary N) is 1. The van der Waals surface area contributed by atoms with Crippen LogP contribution in [0.15, 0.2) is 0 Å². The van der Waals surface area contributed by atoms with Crippen LogP contribution in [0.4, 0.5) is 0 Å². The first-order valence-corrected chi connectivity index (χ1v) is 6.86. The van der Waals surface area contributed by atoms with E-state index in [1.54, 1.807) is 0 Å². The van der Waals surface area contributed by atoms with Crippen LogP contribution < -0.4 is 11.1 Å². The highest BCUT2D eigenvalue weighted by atomic mass is 16.5. The quantitative estimate of drug-likeness (QED) is 0.498. The largest absolute Gasteiger partial charge is 0.469 e. The zero-order valence-electron chi connectivity index (χ0n) is 11.3. The summed E-state index contributed by atoms with van der Waals surface area (Å²) in [5, 5.41) is 3.53. The highest BCUT2D eigenvalue weighted by molar-refractivity contribution is 5.69. The Morgan fingerprint density at radius 1 is 1.28 bits per heavy atom. The maximum absolute atomic E-state index is 10.8. The summed E-state index contributed by atoms with van der Waals surface area (Å²) in [4.78, 5) is 10.8. The normalized spacial score (nSPS) is 23.9. The first-order valence-electron chi connectivity index (χ1n) is 6.86. The molecular formula is C13H26N2O3. The van der Waals surface area contributed by atoms with Crippen molar-refractivity contribution < 1.29 is 14.3 Å². The van der Waals surface area contributed by atoms with Gasteiger partial charge in [0, 0.05) is 18.7 Å². The average molecular weight is 258 g/mol. The second-order valence-electron chi connectivity index (χ2n) is 4.86. The van der Waals surface area contributed by atoms with Crippen molar-refractivity contribution in [3.05, 3.63) is 0 Å². The van der Waals surface area contributed by atoms with Gasteiger partial charge in [0.1, 0.15) is 0 Å². The SMILES string of the molecule is COC(=O)CCOCCCNC1CCC(N)CC1. The molecule has 0 bridgehead atoms. The molecule has 1 fully saturated rings. The van der Waals surface area contributed by atoms with Crippen LogP contribution >= 0.6 is 0 Å². The van der Waals surface area contributed by atoms with E-state index < -0.39 is 0 Å². The Morgan fingerprint density at radius 2 is 2.00 bits per heavy atom. The Hall–Kier alpha value is -0.650. The van der Waals surface area contributed by atoms with Gasteiger partial charge < -0.3 is 20.5 Å². The maximum atomic E-state index is 10.8. The van der Waals surface area contributed by atoms with Gasteiger partial charge in [0.15, 0.2) is 0 Å². The summed E-state index contributed by atoms with van der Waals surface area (Å²) in [5.41, 5.74) is 5.86. The molecule has 0 atom stereocenters.